The highest BCUT2D eigenvalue weighted by Crippen LogP contribution is 2.13. The molecule has 2 heteroatoms. The van der Waals surface area contributed by atoms with E-state index in [1.807, 2.05) is 12.1 Å². The fraction of sp³-hybridized carbons (Fsp3) is 0.571. The zero-order valence-corrected chi connectivity index (χ0v) is 10.8. The standard InChI is InChI=1S/C14H23NO/c1-5-15-14(11(2)3)10-16-13-8-6-7-12(4)9-13/h6-9,11,14-15H,5,10H2,1-4H3. The lowest BCUT2D eigenvalue weighted by Crippen LogP contribution is -2.38. The molecule has 1 rings (SSSR count). The predicted molar refractivity (Wildman–Crippen MR) is 69.0 cm³/mol. The molecule has 0 aliphatic heterocycles. The van der Waals surface area contributed by atoms with Crippen LogP contribution in [0.5, 0.6) is 5.75 Å². The maximum absolute atomic E-state index is 5.80. The van der Waals surface area contributed by atoms with Crippen LogP contribution in [0, 0.1) is 12.8 Å². The second-order valence-electron chi connectivity index (χ2n) is 4.54. The van der Waals surface area contributed by atoms with E-state index < -0.39 is 0 Å². The molecule has 1 aromatic rings. The molecule has 0 aromatic heterocycles. The van der Waals surface area contributed by atoms with Gasteiger partial charge in [-0.25, -0.2) is 0 Å². The molecule has 1 atom stereocenters. The fourth-order valence-electron chi connectivity index (χ4n) is 1.64. The van der Waals surface area contributed by atoms with Crippen molar-refractivity contribution in [3.8, 4) is 5.75 Å². The molecule has 0 fully saturated rings. The van der Waals surface area contributed by atoms with Gasteiger partial charge in [0.15, 0.2) is 0 Å². The van der Waals surface area contributed by atoms with Crippen molar-refractivity contribution in [2.24, 2.45) is 5.92 Å². The molecule has 0 radical (unpaired) electrons. The Morgan fingerprint density at radius 1 is 1.31 bits per heavy atom. The van der Waals surface area contributed by atoms with Gasteiger partial charge in [-0.3, -0.25) is 0 Å². The van der Waals surface area contributed by atoms with Gasteiger partial charge in [-0.1, -0.05) is 32.9 Å². The maximum atomic E-state index is 5.80. The summed E-state index contributed by atoms with van der Waals surface area (Å²) in [6.07, 6.45) is 0. The summed E-state index contributed by atoms with van der Waals surface area (Å²) in [5.41, 5.74) is 1.24. The van der Waals surface area contributed by atoms with E-state index in [2.05, 4.69) is 45.1 Å². The van der Waals surface area contributed by atoms with Gasteiger partial charge in [0.2, 0.25) is 0 Å². The summed E-state index contributed by atoms with van der Waals surface area (Å²) in [6, 6.07) is 8.62. The molecule has 1 N–H and O–H groups in total. The molecule has 16 heavy (non-hydrogen) atoms. The van der Waals surface area contributed by atoms with Gasteiger partial charge in [-0.15, -0.1) is 0 Å². The van der Waals surface area contributed by atoms with Gasteiger partial charge in [-0.2, -0.15) is 0 Å². The quantitative estimate of drug-likeness (QED) is 0.797. The lowest BCUT2D eigenvalue weighted by Gasteiger charge is -2.22. The van der Waals surface area contributed by atoms with Gasteiger partial charge >= 0.3 is 0 Å². The molecule has 0 aliphatic carbocycles. The lowest BCUT2D eigenvalue weighted by molar-refractivity contribution is 0.232. The predicted octanol–water partition coefficient (Wildman–Crippen LogP) is 3.01. The third kappa shape index (κ3) is 4.23. The number of hydrogen-bond acceptors (Lipinski definition) is 2. The summed E-state index contributed by atoms with van der Waals surface area (Å²) in [5, 5.41) is 3.44. The third-order valence-corrected chi connectivity index (χ3v) is 2.69. The molecule has 0 saturated carbocycles. The van der Waals surface area contributed by atoms with Crippen molar-refractivity contribution in [2.45, 2.75) is 33.7 Å². The van der Waals surface area contributed by atoms with Crippen LogP contribution in [0.3, 0.4) is 0 Å². The minimum Gasteiger partial charge on any atom is -0.492 e. The highest BCUT2D eigenvalue weighted by molar-refractivity contribution is 5.27. The van der Waals surface area contributed by atoms with Crippen LogP contribution in [0.25, 0.3) is 0 Å². The van der Waals surface area contributed by atoms with Crippen molar-refractivity contribution in [1.82, 2.24) is 5.32 Å². The van der Waals surface area contributed by atoms with Gasteiger partial charge in [0.1, 0.15) is 12.4 Å². The Kier molecular flexibility index (Phi) is 5.33. The summed E-state index contributed by atoms with van der Waals surface area (Å²) in [6.45, 7) is 10.4. The first-order valence-corrected chi connectivity index (χ1v) is 6.06. The van der Waals surface area contributed by atoms with E-state index in [9.17, 15) is 0 Å². The summed E-state index contributed by atoms with van der Waals surface area (Å²) >= 11 is 0. The highest BCUT2D eigenvalue weighted by atomic mass is 16.5. The van der Waals surface area contributed by atoms with Gasteiger partial charge < -0.3 is 10.1 Å². The Morgan fingerprint density at radius 2 is 2.06 bits per heavy atom. The Bertz CT molecular complexity index is 309. The van der Waals surface area contributed by atoms with E-state index >= 15 is 0 Å². The number of benzene rings is 1. The smallest absolute Gasteiger partial charge is 0.119 e. The van der Waals surface area contributed by atoms with Crippen molar-refractivity contribution in [3.05, 3.63) is 29.8 Å². The van der Waals surface area contributed by atoms with Gasteiger partial charge in [0.25, 0.3) is 0 Å². The van der Waals surface area contributed by atoms with E-state index in [0.29, 0.717) is 12.0 Å². The Hall–Kier alpha value is -1.02. The third-order valence-electron chi connectivity index (χ3n) is 2.69. The van der Waals surface area contributed by atoms with Crippen molar-refractivity contribution in [2.75, 3.05) is 13.2 Å². The van der Waals surface area contributed by atoms with Crippen molar-refractivity contribution >= 4 is 0 Å². The highest BCUT2D eigenvalue weighted by Gasteiger charge is 2.12. The monoisotopic (exact) mass is 221 g/mol. The van der Waals surface area contributed by atoms with Crippen LogP contribution in [0.1, 0.15) is 26.3 Å². The lowest BCUT2D eigenvalue weighted by atomic mass is 10.1. The van der Waals surface area contributed by atoms with Gasteiger partial charge in [-0.05, 0) is 37.1 Å². The topological polar surface area (TPSA) is 21.3 Å². The van der Waals surface area contributed by atoms with E-state index in [4.69, 9.17) is 4.74 Å². The molecule has 90 valence electrons. The van der Waals surface area contributed by atoms with Crippen molar-refractivity contribution in [1.29, 1.82) is 0 Å². The molecular weight excluding hydrogens is 198 g/mol. The minimum atomic E-state index is 0.422. The van der Waals surface area contributed by atoms with E-state index in [1.165, 1.54) is 5.56 Å². The van der Waals surface area contributed by atoms with E-state index in [-0.39, 0.29) is 0 Å². The molecule has 0 spiro atoms. The van der Waals surface area contributed by atoms with Crippen molar-refractivity contribution in [3.63, 3.8) is 0 Å². The van der Waals surface area contributed by atoms with Crippen LogP contribution in [-0.4, -0.2) is 19.2 Å². The Balaban J connectivity index is 2.48. The molecule has 0 heterocycles. The molecule has 1 unspecified atom stereocenters. The Labute approximate surface area is 99.0 Å². The second-order valence-corrected chi connectivity index (χ2v) is 4.54. The number of hydrogen-bond donors (Lipinski definition) is 1. The number of rotatable bonds is 6. The van der Waals surface area contributed by atoms with Gasteiger partial charge in [0.05, 0.1) is 0 Å². The number of aryl methyl sites for hydroxylation is 1. The largest absolute Gasteiger partial charge is 0.492 e. The maximum Gasteiger partial charge on any atom is 0.119 e. The van der Waals surface area contributed by atoms with Crippen LogP contribution in [0.4, 0.5) is 0 Å². The summed E-state index contributed by atoms with van der Waals surface area (Å²) in [5.74, 6) is 1.55. The molecule has 0 amide bonds. The first-order chi connectivity index (χ1) is 7.63. The van der Waals surface area contributed by atoms with E-state index in [1.54, 1.807) is 0 Å². The van der Waals surface area contributed by atoms with Crippen molar-refractivity contribution < 1.29 is 4.74 Å². The fourth-order valence-corrected chi connectivity index (χ4v) is 1.64. The molecule has 1 aromatic carbocycles. The summed E-state index contributed by atoms with van der Waals surface area (Å²) < 4.78 is 5.80. The first-order valence-electron chi connectivity index (χ1n) is 6.06. The van der Waals surface area contributed by atoms with Crippen LogP contribution in [0.2, 0.25) is 0 Å². The first kappa shape index (κ1) is 13.0. The molecule has 0 bridgehead atoms. The molecule has 0 saturated heterocycles. The average molecular weight is 221 g/mol. The average Bonchev–Trinajstić information content (AvgIpc) is 2.24. The van der Waals surface area contributed by atoms with Crippen LogP contribution in [-0.2, 0) is 0 Å². The molecule has 2 nitrogen and oxygen atoms in total. The number of nitrogens with one attached hydrogen (secondary N) is 1. The zero-order valence-electron chi connectivity index (χ0n) is 10.8. The van der Waals surface area contributed by atoms with Crippen LogP contribution >= 0.6 is 0 Å². The second kappa shape index (κ2) is 6.54. The number of ether oxygens (including phenoxy) is 1. The van der Waals surface area contributed by atoms with Crippen LogP contribution in [0.15, 0.2) is 24.3 Å². The van der Waals surface area contributed by atoms with Gasteiger partial charge in [0, 0.05) is 6.04 Å². The zero-order chi connectivity index (χ0) is 12.0. The SMILES string of the molecule is CCNC(COc1cccc(C)c1)C(C)C. The Morgan fingerprint density at radius 3 is 2.62 bits per heavy atom. The molecular formula is C14H23NO. The number of likely N-dealkylation sites (N-methyl/N-ethyl adjacent to an activating group) is 1. The summed E-state index contributed by atoms with van der Waals surface area (Å²) in [7, 11) is 0. The van der Waals surface area contributed by atoms with E-state index in [0.717, 1.165) is 18.9 Å². The minimum absolute atomic E-state index is 0.422. The summed E-state index contributed by atoms with van der Waals surface area (Å²) in [4.78, 5) is 0. The normalized spacial score (nSPS) is 12.8. The molecule has 0 aliphatic rings. The van der Waals surface area contributed by atoms with Crippen LogP contribution < -0.4 is 10.1 Å².